The lowest BCUT2D eigenvalue weighted by molar-refractivity contribution is 0.715. The second-order valence-electron chi connectivity index (χ2n) is 3.01. The maximum absolute atomic E-state index is 4.66. The molecule has 0 aromatic heterocycles. The van der Waals surface area contributed by atoms with Gasteiger partial charge in [-0.3, -0.25) is 0 Å². The first-order chi connectivity index (χ1) is 6.43. The highest BCUT2D eigenvalue weighted by Gasteiger charge is 1.90. The van der Waals surface area contributed by atoms with Gasteiger partial charge in [0.05, 0.1) is 5.49 Å². The minimum atomic E-state index is 0.996. The average molecular weight is 193 g/mol. The zero-order valence-corrected chi connectivity index (χ0v) is 8.52. The first-order valence-electron chi connectivity index (χ1n) is 4.64. The second-order valence-corrected chi connectivity index (χ2v) is 3.25. The van der Waals surface area contributed by atoms with Crippen LogP contribution < -0.4 is 5.32 Å². The van der Waals surface area contributed by atoms with Crippen molar-refractivity contribution < 1.29 is 0 Å². The smallest absolute Gasteiger partial charge is 0.0614 e. The van der Waals surface area contributed by atoms with Crippen LogP contribution in [0.3, 0.4) is 0 Å². The largest absolute Gasteiger partial charge is 0.382 e. The van der Waals surface area contributed by atoms with Gasteiger partial charge in [0.25, 0.3) is 0 Å². The van der Waals surface area contributed by atoms with Gasteiger partial charge in [0.2, 0.25) is 0 Å². The third kappa shape index (κ3) is 4.63. The highest BCUT2D eigenvalue weighted by atomic mass is 32.1. The molecule has 1 N–H and O–H groups in total. The number of nitrogens with one attached hydrogen (secondary N) is 1. The molecular weight excluding hydrogens is 178 g/mol. The predicted molar refractivity (Wildman–Crippen MR) is 61.0 cm³/mol. The molecule has 2 heteroatoms. The highest BCUT2D eigenvalue weighted by Crippen LogP contribution is 2.03. The number of hydrogen-bond donors (Lipinski definition) is 1. The second kappa shape index (κ2) is 6.61. The van der Waals surface area contributed by atoms with Crippen molar-refractivity contribution in [3.8, 4) is 0 Å². The van der Waals surface area contributed by atoms with Gasteiger partial charge in [-0.25, -0.2) is 0 Å². The minimum Gasteiger partial charge on any atom is -0.382 e. The van der Waals surface area contributed by atoms with Crippen molar-refractivity contribution in [1.29, 1.82) is 0 Å². The standard InChI is InChI=1S/C11H15NS/c13-10-12-9-5-4-8-11-6-2-1-3-7-11/h1-3,6-7,10H,4-5,8-9H2,(H,12,13). The van der Waals surface area contributed by atoms with Gasteiger partial charge in [-0.2, -0.15) is 0 Å². The maximum atomic E-state index is 4.66. The van der Waals surface area contributed by atoms with Crippen LogP contribution in [0, 0.1) is 0 Å². The molecule has 1 aromatic rings. The fourth-order valence-corrected chi connectivity index (χ4v) is 1.38. The molecule has 0 saturated heterocycles. The van der Waals surface area contributed by atoms with E-state index in [2.05, 4.69) is 47.9 Å². The normalized spacial score (nSPS) is 9.54. The van der Waals surface area contributed by atoms with Crippen LogP contribution in [0.4, 0.5) is 0 Å². The molecular formula is C11H15NS. The zero-order valence-electron chi connectivity index (χ0n) is 7.70. The number of thiocarbonyl (C=S) groups is 1. The summed E-state index contributed by atoms with van der Waals surface area (Å²) in [5.74, 6) is 0. The molecule has 1 nitrogen and oxygen atoms in total. The van der Waals surface area contributed by atoms with Crippen molar-refractivity contribution in [1.82, 2.24) is 5.32 Å². The molecule has 0 unspecified atom stereocenters. The van der Waals surface area contributed by atoms with Crippen LogP contribution in [0.25, 0.3) is 0 Å². The Balaban J connectivity index is 2.10. The predicted octanol–water partition coefficient (Wildman–Crippen LogP) is 2.56. The number of hydrogen-bond acceptors (Lipinski definition) is 1. The van der Waals surface area contributed by atoms with Crippen molar-refractivity contribution in [2.24, 2.45) is 0 Å². The van der Waals surface area contributed by atoms with Crippen LogP contribution in [0.1, 0.15) is 18.4 Å². The summed E-state index contributed by atoms with van der Waals surface area (Å²) >= 11 is 4.66. The summed E-state index contributed by atoms with van der Waals surface area (Å²) in [4.78, 5) is 0. The molecule has 0 spiro atoms. The van der Waals surface area contributed by atoms with E-state index < -0.39 is 0 Å². The summed E-state index contributed by atoms with van der Waals surface area (Å²) in [6, 6.07) is 10.6. The highest BCUT2D eigenvalue weighted by molar-refractivity contribution is 7.78. The molecule has 1 aromatic carbocycles. The first-order valence-corrected chi connectivity index (χ1v) is 5.11. The lowest BCUT2D eigenvalue weighted by Gasteiger charge is -2.00. The van der Waals surface area contributed by atoms with Crippen molar-refractivity contribution in [2.45, 2.75) is 19.3 Å². The van der Waals surface area contributed by atoms with Gasteiger partial charge in [-0.05, 0) is 24.8 Å². The Hall–Kier alpha value is -0.890. The first kappa shape index (κ1) is 10.2. The fraction of sp³-hybridized carbons (Fsp3) is 0.364. The SMILES string of the molecule is S=CNCCCCc1ccccc1. The van der Waals surface area contributed by atoms with Gasteiger partial charge in [-0.1, -0.05) is 42.5 Å². The van der Waals surface area contributed by atoms with Crippen LogP contribution in [-0.4, -0.2) is 12.0 Å². The van der Waals surface area contributed by atoms with Gasteiger partial charge in [0.1, 0.15) is 0 Å². The zero-order chi connectivity index (χ0) is 9.36. The molecule has 1 rings (SSSR count). The van der Waals surface area contributed by atoms with Crippen LogP contribution in [-0.2, 0) is 6.42 Å². The number of benzene rings is 1. The van der Waals surface area contributed by atoms with E-state index in [1.54, 1.807) is 5.49 Å². The molecule has 0 aliphatic rings. The molecule has 0 radical (unpaired) electrons. The summed E-state index contributed by atoms with van der Waals surface area (Å²) in [7, 11) is 0. The van der Waals surface area contributed by atoms with Crippen molar-refractivity contribution in [3.63, 3.8) is 0 Å². The van der Waals surface area contributed by atoms with E-state index in [4.69, 9.17) is 0 Å². The van der Waals surface area contributed by atoms with Crippen LogP contribution in [0.5, 0.6) is 0 Å². The monoisotopic (exact) mass is 193 g/mol. The summed E-state index contributed by atoms with van der Waals surface area (Å²) in [6.07, 6.45) is 3.57. The molecule has 0 fully saturated rings. The molecule has 13 heavy (non-hydrogen) atoms. The molecule has 0 aliphatic carbocycles. The van der Waals surface area contributed by atoms with Gasteiger partial charge in [0, 0.05) is 6.54 Å². The number of rotatable bonds is 6. The molecule has 0 saturated carbocycles. The summed E-state index contributed by atoms with van der Waals surface area (Å²) < 4.78 is 0. The molecule has 0 bridgehead atoms. The Bertz CT molecular complexity index is 233. The van der Waals surface area contributed by atoms with E-state index in [1.165, 1.54) is 24.8 Å². The molecule has 70 valence electrons. The number of unbranched alkanes of at least 4 members (excludes halogenated alkanes) is 1. The molecule has 0 heterocycles. The minimum absolute atomic E-state index is 0.996. The van der Waals surface area contributed by atoms with Crippen LogP contribution in [0.2, 0.25) is 0 Å². The molecule has 0 amide bonds. The molecule has 0 atom stereocenters. The Kier molecular flexibility index (Phi) is 5.18. The van der Waals surface area contributed by atoms with E-state index in [1.807, 2.05) is 0 Å². The van der Waals surface area contributed by atoms with E-state index >= 15 is 0 Å². The van der Waals surface area contributed by atoms with Gasteiger partial charge >= 0.3 is 0 Å². The number of aryl methyl sites for hydroxylation is 1. The third-order valence-corrected chi connectivity index (χ3v) is 2.13. The lowest BCUT2D eigenvalue weighted by atomic mass is 10.1. The van der Waals surface area contributed by atoms with Crippen molar-refractivity contribution >= 4 is 17.7 Å². The topological polar surface area (TPSA) is 12.0 Å². The van der Waals surface area contributed by atoms with Gasteiger partial charge in [0.15, 0.2) is 0 Å². The van der Waals surface area contributed by atoms with Gasteiger partial charge < -0.3 is 5.32 Å². The summed E-state index contributed by atoms with van der Waals surface area (Å²) in [5, 5.41) is 3.02. The van der Waals surface area contributed by atoms with Crippen molar-refractivity contribution in [2.75, 3.05) is 6.54 Å². The summed E-state index contributed by atoms with van der Waals surface area (Å²) in [5.41, 5.74) is 3.01. The van der Waals surface area contributed by atoms with E-state index in [0.29, 0.717) is 0 Å². The Labute approximate surface area is 85.2 Å². The van der Waals surface area contributed by atoms with E-state index in [-0.39, 0.29) is 0 Å². The Morgan fingerprint density at radius 1 is 1.15 bits per heavy atom. The van der Waals surface area contributed by atoms with Gasteiger partial charge in [-0.15, -0.1) is 0 Å². The lowest BCUT2D eigenvalue weighted by Crippen LogP contribution is -2.10. The van der Waals surface area contributed by atoms with E-state index in [0.717, 1.165) is 6.54 Å². The van der Waals surface area contributed by atoms with Crippen LogP contribution >= 0.6 is 12.2 Å². The Morgan fingerprint density at radius 3 is 2.62 bits per heavy atom. The van der Waals surface area contributed by atoms with Crippen LogP contribution in [0.15, 0.2) is 30.3 Å². The van der Waals surface area contributed by atoms with Crippen molar-refractivity contribution in [3.05, 3.63) is 35.9 Å². The third-order valence-electron chi connectivity index (χ3n) is 1.96. The maximum Gasteiger partial charge on any atom is 0.0614 e. The Morgan fingerprint density at radius 2 is 1.92 bits per heavy atom. The molecule has 0 aliphatic heterocycles. The quantitative estimate of drug-likeness (QED) is 0.550. The van der Waals surface area contributed by atoms with E-state index in [9.17, 15) is 0 Å². The average Bonchev–Trinajstić information content (AvgIpc) is 2.19. The fourth-order valence-electron chi connectivity index (χ4n) is 1.26. The summed E-state index contributed by atoms with van der Waals surface area (Å²) in [6.45, 7) is 0.996.